The summed E-state index contributed by atoms with van der Waals surface area (Å²) >= 11 is 0. The van der Waals surface area contributed by atoms with Crippen LogP contribution in [0.15, 0.2) is 85.1 Å². The van der Waals surface area contributed by atoms with Crippen LogP contribution in [-0.4, -0.2) is 34.6 Å². The Hall–Kier alpha value is -4.43. The van der Waals surface area contributed by atoms with Gasteiger partial charge in [0.25, 0.3) is 11.8 Å². The maximum absolute atomic E-state index is 13.0. The molecule has 4 rings (SSSR count). The van der Waals surface area contributed by atoms with Gasteiger partial charge in [-0.25, -0.2) is 4.98 Å². The van der Waals surface area contributed by atoms with Crippen LogP contribution in [0.25, 0.3) is 10.8 Å². The van der Waals surface area contributed by atoms with Gasteiger partial charge in [-0.1, -0.05) is 30.3 Å². The van der Waals surface area contributed by atoms with Crippen LogP contribution >= 0.6 is 0 Å². The minimum Gasteiger partial charge on any atom is -0.494 e. The number of carbonyl (C=O) groups excluding carboxylic acids is 2. The van der Waals surface area contributed by atoms with E-state index >= 15 is 0 Å². The normalized spacial score (nSPS) is 12.5. The number of amides is 2. The van der Waals surface area contributed by atoms with Crippen LogP contribution in [0.1, 0.15) is 28.9 Å². The van der Waals surface area contributed by atoms with Gasteiger partial charge >= 0.3 is 0 Å². The summed E-state index contributed by atoms with van der Waals surface area (Å²) in [4.78, 5) is 30.0. The van der Waals surface area contributed by atoms with Crippen LogP contribution in [0.5, 0.6) is 5.75 Å². The number of aliphatic hydroxyl groups is 1. The smallest absolute Gasteiger partial charge is 0.255 e. The van der Waals surface area contributed by atoms with Gasteiger partial charge in [0.1, 0.15) is 11.6 Å². The molecule has 2 amide bonds. The summed E-state index contributed by atoms with van der Waals surface area (Å²) < 4.78 is 5.42. The number of aliphatic hydroxyl groups excluding tert-OH is 1. The molecule has 1 heterocycles. The Kier molecular flexibility index (Phi) is 7.23. The molecule has 2 atom stereocenters. The summed E-state index contributed by atoms with van der Waals surface area (Å²) in [5.74, 6) is -0.0489. The molecule has 3 aromatic carbocycles. The fraction of sp³-hybridized carbons (Fsp3) is 0.148. The lowest BCUT2D eigenvalue weighted by Crippen LogP contribution is -2.42. The summed E-state index contributed by atoms with van der Waals surface area (Å²) in [6.45, 7) is 2.40. The van der Waals surface area contributed by atoms with E-state index in [2.05, 4.69) is 15.6 Å². The fourth-order valence-electron chi connectivity index (χ4n) is 3.75. The Morgan fingerprint density at radius 3 is 2.49 bits per heavy atom. The van der Waals surface area contributed by atoms with E-state index in [1.165, 1.54) is 0 Å². The van der Waals surface area contributed by atoms with Crippen molar-refractivity contribution in [2.75, 3.05) is 17.7 Å². The molecule has 0 saturated heterocycles. The highest BCUT2D eigenvalue weighted by molar-refractivity contribution is 6.00. The number of hydrogen-bond donors (Lipinski definition) is 4. The molecular formula is C27H26N4O4. The predicted molar refractivity (Wildman–Crippen MR) is 135 cm³/mol. The van der Waals surface area contributed by atoms with E-state index in [4.69, 9.17) is 10.5 Å². The molecule has 0 radical (unpaired) electrons. The van der Waals surface area contributed by atoms with E-state index in [-0.39, 0.29) is 0 Å². The molecule has 0 saturated carbocycles. The van der Waals surface area contributed by atoms with Crippen molar-refractivity contribution < 1.29 is 19.4 Å². The van der Waals surface area contributed by atoms with Gasteiger partial charge < -0.3 is 26.2 Å². The molecular weight excluding hydrogens is 444 g/mol. The number of ether oxygens (including phenoxy) is 1. The monoisotopic (exact) mass is 470 g/mol. The third-order valence-corrected chi connectivity index (χ3v) is 5.52. The average molecular weight is 471 g/mol. The molecule has 2 unspecified atom stereocenters. The first kappa shape index (κ1) is 23.7. The number of nitrogens with two attached hydrogens (primary N) is 1. The molecule has 0 spiro atoms. The summed E-state index contributed by atoms with van der Waals surface area (Å²) in [6, 6.07) is 21.5. The minimum atomic E-state index is -1.55. The molecule has 8 heteroatoms. The number of anilines is 2. The number of rotatable bonds is 8. The molecule has 8 nitrogen and oxygen atoms in total. The Labute approximate surface area is 202 Å². The van der Waals surface area contributed by atoms with Crippen LogP contribution in [0, 0.1) is 0 Å². The number of nitrogens with one attached hydrogen (secondary N) is 2. The standard InChI is InChI=1S/C27H26N4O4/c1-2-35-21-11-8-18(9-12-21)26(33)31-23(17-6-4-3-5-7-17)24(32)27(34)30-20-10-13-22-19(16-20)14-15-29-25(22)28/h3-16,23-24,32H,2H2,1H3,(H2,28,29)(H,30,34)(H,31,33). The van der Waals surface area contributed by atoms with E-state index in [9.17, 15) is 14.7 Å². The van der Waals surface area contributed by atoms with E-state index in [0.29, 0.717) is 35.0 Å². The van der Waals surface area contributed by atoms with E-state index in [1.807, 2.05) is 13.0 Å². The number of nitrogen functional groups attached to an aromatic ring is 1. The highest BCUT2D eigenvalue weighted by Crippen LogP contribution is 2.24. The van der Waals surface area contributed by atoms with Gasteiger partial charge in [-0.3, -0.25) is 9.59 Å². The second-order valence-electron chi connectivity index (χ2n) is 7.89. The zero-order valence-electron chi connectivity index (χ0n) is 19.1. The highest BCUT2D eigenvalue weighted by atomic mass is 16.5. The first-order valence-corrected chi connectivity index (χ1v) is 11.2. The number of hydrogen-bond acceptors (Lipinski definition) is 6. The third-order valence-electron chi connectivity index (χ3n) is 5.52. The van der Waals surface area contributed by atoms with Crippen molar-refractivity contribution in [1.82, 2.24) is 10.3 Å². The Bertz CT molecular complexity index is 1330. The molecule has 0 aliphatic heterocycles. The van der Waals surface area contributed by atoms with Crippen LogP contribution in [0.2, 0.25) is 0 Å². The lowest BCUT2D eigenvalue weighted by atomic mass is 10.00. The predicted octanol–water partition coefficient (Wildman–Crippen LogP) is 3.69. The highest BCUT2D eigenvalue weighted by Gasteiger charge is 2.29. The summed E-state index contributed by atoms with van der Waals surface area (Å²) in [5.41, 5.74) is 7.34. The van der Waals surface area contributed by atoms with Crippen molar-refractivity contribution in [3.05, 3.63) is 96.2 Å². The van der Waals surface area contributed by atoms with Crippen LogP contribution < -0.4 is 21.1 Å². The number of carbonyl (C=O) groups is 2. The zero-order valence-corrected chi connectivity index (χ0v) is 19.1. The quantitative estimate of drug-likeness (QED) is 0.311. The Balaban J connectivity index is 1.54. The van der Waals surface area contributed by atoms with Crippen molar-refractivity contribution in [2.24, 2.45) is 0 Å². The van der Waals surface area contributed by atoms with E-state index in [1.54, 1.807) is 79.0 Å². The molecule has 35 heavy (non-hydrogen) atoms. The maximum Gasteiger partial charge on any atom is 0.255 e. The van der Waals surface area contributed by atoms with Gasteiger partial charge in [-0.05, 0) is 66.4 Å². The number of aromatic nitrogens is 1. The second kappa shape index (κ2) is 10.7. The second-order valence-corrected chi connectivity index (χ2v) is 7.89. The minimum absolute atomic E-state index is 0.378. The van der Waals surface area contributed by atoms with Gasteiger partial charge in [0.05, 0.1) is 12.6 Å². The molecule has 1 aromatic heterocycles. The van der Waals surface area contributed by atoms with E-state index < -0.39 is 24.0 Å². The third kappa shape index (κ3) is 5.56. The molecule has 4 aromatic rings. The van der Waals surface area contributed by atoms with Gasteiger partial charge in [-0.15, -0.1) is 0 Å². The molecule has 5 N–H and O–H groups in total. The molecule has 0 aliphatic rings. The average Bonchev–Trinajstić information content (AvgIpc) is 2.88. The zero-order chi connectivity index (χ0) is 24.8. The van der Waals surface area contributed by atoms with Crippen molar-refractivity contribution in [3.63, 3.8) is 0 Å². The van der Waals surface area contributed by atoms with Crippen molar-refractivity contribution in [1.29, 1.82) is 0 Å². The van der Waals surface area contributed by atoms with E-state index in [0.717, 1.165) is 10.8 Å². The van der Waals surface area contributed by atoms with Gasteiger partial charge in [-0.2, -0.15) is 0 Å². The Morgan fingerprint density at radius 2 is 1.77 bits per heavy atom. The van der Waals surface area contributed by atoms with Crippen LogP contribution in [0.3, 0.4) is 0 Å². The topological polar surface area (TPSA) is 127 Å². The number of fused-ring (bicyclic) bond motifs is 1. The van der Waals surface area contributed by atoms with Crippen molar-refractivity contribution >= 4 is 34.1 Å². The maximum atomic E-state index is 13.0. The SMILES string of the molecule is CCOc1ccc(C(=O)NC(c2ccccc2)C(O)C(=O)Nc2ccc3c(N)nccc3c2)cc1. The molecule has 178 valence electrons. The number of nitrogens with zero attached hydrogens (tertiary/aromatic N) is 1. The largest absolute Gasteiger partial charge is 0.494 e. The molecule has 0 bridgehead atoms. The number of benzene rings is 3. The van der Waals surface area contributed by atoms with Crippen molar-refractivity contribution in [3.8, 4) is 5.75 Å². The summed E-state index contributed by atoms with van der Waals surface area (Å²) in [6.07, 6.45) is 0.0299. The lowest BCUT2D eigenvalue weighted by molar-refractivity contribution is -0.125. The first-order valence-electron chi connectivity index (χ1n) is 11.2. The lowest BCUT2D eigenvalue weighted by Gasteiger charge is -2.24. The molecule has 0 aliphatic carbocycles. The Morgan fingerprint density at radius 1 is 1.03 bits per heavy atom. The number of pyridine rings is 1. The first-order chi connectivity index (χ1) is 17.0. The summed E-state index contributed by atoms with van der Waals surface area (Å²) in [5, 5.41) is 18.1. The van der Waals surface area contributed by atoms with Crippen molar-refractivity contribution in [2.45, 2.75) is 19.1 Å². The summed E-state index contributed by atoms with van der Waals surface area (Å²) in [7, 11) is 0. The van der Waals surface area contributed by atoms with Crippen LogP contribution in [0.4, 0.5) is 11.5 Å². The fourth-order valence-corrected chi connectivity index (χ4v) is 3.75. The molecule has 0 fully saturated rings. The van der Waals surface area contributed by atoms with Gasteiger partial charge in [0, 0.05) is 22.8 Å². The van der Waals surface area contributed by atoms with Gasteiger partial charge in [0.2, 0.25) is 0 Å². The van der Waals surface area contributed by atoms with Crippen LogP contribution in [-0.2, 0) is 4.79 Å². The van der Waals surface area contributed by atoms with Gasteiger partial charge in [0.15, 0.2) is 6.10 Å².